The summed E-state index contributed by atoms with van der Waals surface area (Å²) in [5, 5.41) is 9.54. The lowest BCUT2D eigenvalue weighted by atomic mass is 10.2. The third-order valence-electron chi connectivity index (χ3n) is 5.01. The van der Waals surface area contributed by atoms with Gasteiger partial charge in [0.2, 0.25) is 0 Å². The van der Waals surface area contributed by atoms with Crippen molar-refractivity contribution in [3.63, 3.8) is 0 Å². The number of fused-ring (bicyclic) bond motifs is 3. The average Bonchev–Trinajstić information content (AvgIpc) is 3.28. The van der Waals surface area contributed by atoms with Crippen molar-refractivity contribution in [3.05, 3.63) is 86.4 Å². The molecule has 5 aromatic rings. The molecule has 1 N–H and O–H groups in total. The molecule has 0 spiro atoms. The Morgan fingerprint density at radius 1 is 1.07 bits per heavy atom. The van der Waals surface area contributed by atoms with E-state index in [0.717, 1.165) is 33.7 Å². The minimum absolute atomic E-state index is 0.0388. The van der Waals surface area contributed by atoms with Crippen LogP contribution in [0.5, 0.6) is 5.75 Å². The molecule has 3 aromatic heterocycles. The van der Waals surface area contributed by atoms with Crippen LogP contribution in [0.3, 0.4) is 0 Å². The van der Waals surface area contributed by atoms with Gasteiger partial charge in [0, 0.05) is 17.1 Å². The Bertz CT molecular complexity index is 1460. The average molecular weight is 387 g/mol. The lowest BCUT2D eigenvalue weighted by Crippen LogP contribution is -2.22. The molecule has 2 aromatic carbocycles. The third kappa shape index (κ3) is 2.46. The van der Waals surface area contributed by atoms with Crippen molar-refractivity contribution in [1.29, 1.82) is 0 Å². The highest BCUT2D eigenvalue weighted by atomic mass is 32.1. The molecule has 0 unspecified atom stereocenters. The molecular weight excluding hydrogens is 370 g/mol. The van der Waals surface area contributed by atoms with Crippen molar-refractivity contribution in [2.75, 3.05) is 0 Å². The van der Waals surface area contributed by atoms with Crippen LogP contribution in [0, 0.1) is 13.8 Å². The number of phenolic OH excluding ortho intramolecular Hbond substituents is 1. The van der Waals surface area contributed by atoms with Crippen LogP contribution in [-0.4, -0.2) is 19.1 Å². The zero-order valence-corrected chi connectivity index (χ0v) is 16.2. The molecule has 0 aliphatic rings. The van der Waals surface area contributed by atoms with Crippen LogP contribution in [0.1, 0.15) is 17.0 Å². The Kier molecular flexibility index (Phi) is 3.64. The number of hydrogen-bond acceptors (Lipinski definition) is 4. The highest BCUT2D eigenvalue weighted by Crippen LogP contribution is 2.23. The van der Waals surface area contributed by atoms with Crippen molar-refractivity contribution in [3.8, 4) is 11.4 Å². The molecule has 6 heteroatoms. The number of phenols is 1. The molecule has 5 nitrogen and oxygen atoms in total. The summed E-state index contributed by atoms with van der Waals surface area (Å²) in [6, 6.07) is 16.9. The van der Waals surface area contributed by atoms with E-state index in [1.165, 1.54) is 11.3 Å². The van der Waals surface area contributed by atoms with Crippen LogP contribution in [0.2, 0.25) is 0 Å². The first-order valence-corrected chi connectivity index (χ1v) is 9.74. The first-order chi connectivity index (χ1) is 13.5. The first-order valence-electron chi connectivity index (χ1n) is 8.93. The van der Waals surface area contributed by atoms with E-state index in [-0.39, 0.29) is 11.3 Å². The maximum atomic E-state index is 13.0. The Balaban J connectivity index is 1.70. The molecule has 0 saturated carbocycles. The molecule has 28 heavy (non-hydrogen) atoms. The quantitative estimate of drug-likeness (QED) is 0.504. The highest BCUT2D eigenvalue weighted by Gasteiger charge is 2.13. The first kappa shape index (κ1) is 16.8. The minimum Gasteiger partial charge on any atom is -0.508 e. The van der Waals surface area contributed by atoms with E-state index in [2.05, 4.69) is 15.6 Å². The fourth-order valence-corrected chi connectivity index (χ4v) is 4.66. The van der Waals surface area contributed by atoms with E-state index in [0.29, 0.717) is 9.49 Å². The Hall–Kier alpha value is -3.38. The van der Waals surface area contributed by atoms with Crippen molar-refractivity contribution in [1.82, 2.24) is 14.0 Å². The molecule has 0 aliphatic carbocycles. The zero-order valence-electron chi connectivity index (χ0n) is 15.4. The normalized spacial score (nSPS) is 12.4. The number of imidazole rings is 1. The summed E-state index contributed by atoms with van der Waals surface area (Å²) in [6.45, 7) is 4.06. The smallest absolute Gasteiger partial charge is 0.274 e. The van der Waals surface area contributed by atoms with E-state index in [1.54, 1.807) is 16.5 Å². The third-order valence-corrected chi connectivity index (χ3v) is 5.98. The van der Waals surface area contributed by atoms with Gasteiger partial charge in [0.1, 0.15) is 5.75 Å². The minimum atomic E-state index is -0.0388. The van der Waals surface area contributed by atoms with E-state index >= 15 is 0 Å². The maximum Gasteiger partial charge on any atom is 0.274 e. The predicted octanol–water partition coefficient (Wildman–Crippen LogP) is 3.57. The van der Waals surface area contributed by atoms with Crippen LogP contribution in [-0.2, 0) is 0 Å². The molecule has 138 valence electrons. The van der Waals surface area contributed by atoms with Gasteiger partial charge in [-0.25, -0.2) is 9.38 Å². The molecule has 0 bridgehead atoms. The molecule has 0 atom stereocenters. The molecule has 5 rings (SSSR count). The van der Waals surface area contributed by atoms with Crippen LogP contribution in [0.4, 0.5) is 0 Å². The number of rotatable bonds is 2. The number of nitrogens with zero attached hydrogens (tertiary/aromatic N) is 3. The van der Waals surface area contributed by atoms with Gasteiger partial charge in [-0.05, 0) is 68.0 Å². The number of aromatic hydroxyl groups is 1. The van der Waals surface area contributed by atoms with Gasteiger partial charge < -0.3 is 9.67 Å². The molecule has 0 amide bonds. The van der Waals surface area contributed by atoms with Gasteiger partial charge in [0.15, 0.2) is 4.96 Å². The Morgan fingerprint density at radius 3 is 2.61 bits per heavy atom. The van der Waals surface area contributed by atoms with Gasteiger partial charge in [0.25, 0.3) is 5.56 Å². The number of aryl methyl sites for hydroxylation is 1. The summed E-state index contributed by atoms with van der Waals surface area (Å²) in [5.41, 5.74) is 5.71. The summed E-state index contributed by atoms with van der Waals surface area (Å²) in [4.78, 5) is 18.3. The summed E-state index contributed by atoms with van der Waals surface area (Å²) < 4.78 is 4.47. The second-order valence-electron chi connectivity index (χ2n) is 6.81. The lowest BCUT2D eigenvalue weighted by Gasteiger charge is -2.09. The van der Waals surface area contributed by atoms with Crippen LogP contribution < -0.4 is 10.1 Å². The SMILES string of the molecule is Cc1cc(C=c2sc3nc4ccccc4n3c2=O)c(C)n1-c1ccc(O)cc1. The summed E-state index contributed by atoms with van der Waals surface area (Å²) in [5.74, 6) is 0.239. The molecular formula is C22H17N3O2S. The number of thiazole rings is 1. The second kappa shape index (κ2) is 6.07. The van der Waals surface area contributed by atoms with Crippen LogP contribution in [0.15, 0.2) is 59.4 Å². The van der Waals surface area contributed by atoms with Gasteiger partial charge in [-0.2, -0.15) is 0 Å². The van der Waals surface area contributed by atoms with Gasteiger partial charge in [0.05, 0.1) is 15.6 Å². The number of aromatic nitrogens is 3. The monoisotopic (exact) mass is 387 g/mol. The zero-order chi connectivity index (χ0) is 19.4. The molecule has 0 aliphatic heterocycles. The van der Waals surface area contributed by atoms with Crippen molar-refractivity contribution >= 4 is 33.4 Å². The van der Waals surface area contributed by atoms with Gasteiger partial charge in [-0.1, -0.05) is 23.5 Å². The number of hydrogen-bond donors (Lipinski definition) is 1. The van der Waals surface area contributed by atoms with E-state index in [1.807, 2.05) is 56.3 Å². The fraction of sp³-hybridized carbons (Fsp3) is 0.0909. The van der Waals surface area contributed by atoms with Gasteiger partial charge >= 0.3 is 0 Å². The van der Waals surface area contributed by atoms with Crippen LogP contribution in [0.25, 0.3) is 27.8 Å². The summed E-state index contributed by atoms with van der Waals surface area (Å²) >= 11 is 1.41. The lowest BCUT2D eigenvalue weighted by molar-refractivity contribution is 0.475. The van der Waals surface area contributed by atoms with Crippen molar-refractivity contribution < 1.29 is 5.11 Å². The number of benzene rings is 2. The van der Waals surface area contributed by atoms with Gasteiger partial charge in [-0.15, -0.1) is 0 Å². The van der Waals surface area contributed by atoms with Crippen LogP contribution >= 0.6 is 11.3 Å². The van der Waals surface area contributed by atoms with Crippen molar-refractivity contribution in [2.45, 2.75) is 13.8 Å². The largest absolute Gasteiger partial charge is 0.508 e. The van der Waals surface area contributed by atoms with Gasteiger partial charge in [-0.3, -0.25) is 4.79 Å². The molecule has 3 heterocycles. The highest BCUT2D eigenvalue weighted by molar-refractivity contribution is 7.15. The van der Waals surface area contributed by atoms with E-state index in [9.17, 15) is 9.90 Å². The molecule has 0 radical (unpaired) electrons. The summed E-state index contributed by atoms with van der Waals surface area (Å²) in [7, 11) is 0. The van der Waals surface area contributed by atoms with E-state index in [4.69, 9.17) is 0 Å². The van der Waals surface area contributed by atoms with Crippen molar-refractivity contribution in [2.24, 2.45) is 0 Å². The molecule has 0 saturated heterocycles. The predicted molar refractivity (Wildman–Crippen MR) is 113 cm³/mol. The Labute approximate surface area is 164 Å². The van der Waals surface area contributed by atoms with E-state index < -0.39 is 0 Å². The Morgan fingerprint density at radius 2 is 1.82 bits per heavy atom. The molecule has 0 fully saturated rings. The summed E-state index contributed by atoms with van der Waals surface area (Å²) in [6.07, 6.45) is 1.94. The second-order valence-corrected chi connectivity index (χ2v) is 7.82. The fourth-order valence-electron chi connectivity index (χ4n) is 3.69. The topological polar surface area (TPSA) is 59.5 Å². The standard InChI is InChI=1S/C22H17N3O2S/c1-13-11-15(14(2)24(13)16-7-9-17(26)10-8-16)12-20-21(27)25-19-6-4-3-5-18(19)23-22(25)28-20/h3-12,26H,1-2H3. The number of para-hydroxylation sites is 2. The maximum absolute atomic E-state index is 13.0.